The molecule has 1 aliphatic rings. The molecule has 136 valence electrons. The average Bonchev–Trinajstić information content (AvgIpc) is 2.81. The van der Waals surface area contributed by atoms with Gasteiger partial charge < -0.3 is 4.74 Å². The Morgan fingerprint density at radius 2 is 1.81 bits per heavy atom. The van der Waals surface area contributed by atoms with Crippen LogP contribution in [0.1, 0.15) is 17.5 Å². The van der Waals surface area contributed by atoms with Crippen LogP contribution in [0.15, 0.2) is 48.5 Å². The first-order valence-corrected chi connectivity index (χ1v) is 8.01. The highest BCUT2D eigenvalue weighted by Crippen LogP contribution is 2.31. The number of imide groups is 1. The Labute approximate surface area is 148 Å². The molecule has 0 saturated carbocycles. The highest BCUT2D eigenvalue weighted by atomic mass is 19.4. The largest absolute Gasteiger partial charge is 0.573 e. The van der Waals surface area contributed by atoms with Crippen LogP contribution < -0.4 is 9.64 Å². The number of nitrogens with zero attached hydrogens (tertiary/aromatic N) is 1. The van der Waals surface area contributed by atoms with Gasteiger partial charge in [-0.05, 0) is 43.2 Å². The number of benzene rings is 2. The van der Waals surface area contributed by atoms with Crippen molar-refractivity contribution in [2.75, 3.05) is 4.90 Å². The Hall–Kier alpha value is -2.83. The molecule has 0 bridgehead atoms. The molecular weight excluding hydrogens is 347 g/mol. The quantitative estimate of drug-likeness (QED) is 0.771. The van der Waals surface area contributed by atoms with Crippen molar-refractivity contribution < 1.29 is 27.5 Å². The minimum Gasteiger partial charge on any atom is -0.406 e. The summed E-state index contributed by atoms with van der Waals surface area (Å²) in [6, 6.07) is 12.4. The highest BCUT2D eigenvalue weighted by molar-refractivity contribution is 6.21. The van der Waals surface area contributed by atoms with Crippen molar-refractivity contribution in [1.29, 1.82) is 0 Å². The lowest BCUT2D eigenvalue weighted by atomic mass is 9.97. The molecule has 26 heavy (non-hydrogen) atoms. The van der Waals surface area contributed by atoms with E-state index in [1.807, 2.05) is 31.2 Å². The fourth-order valence-corrected chi connectivity index (χ4v) is 3.05. The molecule has 2 aromatic rings. The van der Waals surface area contributed by atoms with E-state index < -0.39 is 18.0 Å². The Bertz CT molecular complexity index is 831. The van der Waals surface area contributed by atoms with E-state index in [0.29, 0.717) is 6.42 Å². The molecule has 2 aromatic carbocycles. The van der Waals surface area contributed by atoms with Crippen LogP contribution >= 0.6 is 0 Å². The highest BCUT2D eigenvalue weighted by Gasteiger charge is 2.39. The number of alkyl halides is 3. The Balaban J connectivity index is 1.74. The summed E-state index contributed by atoms with van der Waals surface area (Å²) in [7, 11) is 0. The van der Waals surface area contributed by atoms with E-state index in [2.05, 4.69) is 4.74 Å². The summed E-state index contributed by atoms with van der Waals surface area (Å²) in [5.41, 5.74) is 2.27. The van der Waals surface area contributed by atoms with Gasteiger partial charge >= 0.3 is 6.36 Å². The molecule has 1 saturated heterocycles. The van der Waals surface area contributed by atoms with E-state index in [0.717, 1.165) is 28.2 Å². The monoisotopic (exact) mass is 363 g/mol. The van der Waals surface area contributed by atoms with Gasteiger partial charge in [0.1, 0.15) is 5.75 Å². The topological polar surface area (TPSA) is 46.6 Å². The normalized spacial score (nSPS) is 17.7. The van der Waals surface area contributed by atoms with Gasteiger partial charge in [0.05, 0.1) is 11.6 Å². The zero-order chi connectivity index (χ0) is 18.9. The van der Waals surface area contributed by atoms with Crippen molar-refractivity contribution in [3.05, 3.63) is 59.7 Å². The fraction of sp³-hybridized carbons (Fsp3) is 0.263. The van der Waals surface area contributed by atoms with E-state index in [9.17, 15) is 22.8 Å². The molecular formula is C19H16F3NO3. The zero-order valence-electron chi connectivity index (χ0n) is 13.9. The molecule has 0 radical (unpaired) electrons. The van der Waals surface area contributed by atoms with Crippen molar-refractivity contribution in [3.8, 4) is 5.75 Å². The third-order valence-corrected chi connectivity index (χ3v) is 4.13. The van der Waals surface area contributed by atoms with Gasteiger partial charge in [0.15, 0.2) is 0 Å². The van der Waals surface area contributed by atoms with E-state index in [1.54, 1.807) is 0 Å². The van der Waals surface area contributed by atoms with Crippen molar-refractivity contribution >= 4 is 17.5 Å². The van der Waals surface area contributed by atoms with E-state index in [-0.39, 0.29) is 23.9 Å². The van der Waals surface area contributed by atoms with Crippen LogP contribution in [-0.2, 0) is 16.0 Å². The summed E-state index contributed by atoms with van der Waals surface area (Å²) in [4.78, 5) is 25.9. The first kappa shape index (κ1) is 18.0. The van der Waals surface area contributed by atoms with E-state index in [1.165, 1.54) is 12.1 Å². The first-order valence-electron chi connectivity index (χ1n) is 8.01. The van der Waals surface area contributed by atoms with E-state index in [4.69, 9.17) is 0 Å². The number of ether oxygens (including phenoxy) is 1. The second-order valence-corrected chi connectivity index (χ2v) is 6.20. The summed E-state index contributed by atoms with van der Waals surface area (Å²) in [6.45, 7) is 1.95. The minimum atomic E-state index is -4.79. The van der Waals surface area contributed by atoms with Crippen LogP contribution in [0.2, 0.25) is 0 Å². The lowest BCUT2D eigenvalue weighted by Crippen LogP contribution is -2.30. The SMILES string of the molecule is Cc1cccc(C[C@H]2CC(=O)N(c3ccc(OC(F)(F)F)cc3)C2=O)c1. The Morgan fingerprint density at radius 3 is 2.42 bits per heavy atom. The fourth-order valence-electron chi connectivity index (χ4n) is 3.05. The van der Waals surface area contributed by atoms with Crippen molar-refractivity contribution in [3.63, 3.8) is 0 Å². The molecule has 7 heteroatoms. The number of rotatable bonds is 4. The number of carbonyl (C=O) groups excluding carboxylic acids is 2. The van der Waals surface area contributed by atoms with Gasteiger partial charge in [0.25, 0.3) is 0 Å². The number of carbonyl (C=O) groups is 2. The van der Waals surface area contributed by atoms with Gasteiger partial charge in [-0.2, -0.15) is 0 Å². The average molecular weight is 363 g/mol. The van der Waals surface area contributed by atoms with Gasteiger partial charge in [0, 0.05) is 6.42 Å². The summed E-state index contributed by atoms with van der Waals surface area (Å²) in [5, 5.41) is 0. The number of anilines is 1. The van der Waals surface area contributed by atoms with Crippen LogP contribution in [0.4, 0.5) is 18.9 Å². The molecule has 1 fully saturated rings. The number of hydrogen-bond acceptors (Lipinski definition) is 3. The van der Waals surface area contributed by atoms with Crippen LogP contribution in [0.5, 0.6) is 5.75 Å². The van der Waals surface area contributed by atoms with Gasteiger partial charge in [-0.15, -0.1) is 13.2 Å². The van der Waals surface area contributed by atoms with Crippen molar-refractivity contribution in [1.82, 2.24) is 0 Å². The lowest BCUT2D eigenvalue weighted by molar-refractivity contribution is -0.274. The van der Waals surface area contributed by atoms with Crippen LogP contribution in [0.3, 0.4) is 0 Å². The molecule has 2 amide bonds. The third kappa shape index (κ3) is 4.04. The second kappa shape index (κ2) is 6.82. The molecule has 1 aliphatic heterocycles. The first-order chi connectivity index (χ1) is 12.2. The van der Waals surface area contributed by atoms with Crippen molar-refractivity contribution in [2.24, 2.45) is 5.92 Å². The Kier molecular flexibility index (Phi) is 4.71. The molecule has 3 rings (SSSR count). The zero-order valence-corrected chi connectivity index (χ0v) is 13.9. The number of hydrogen-bond donors (Lipinski definition) is 0. The van der Waals surface area contributed by atoms with E-state index >= 15 is 0 Å². The maximum atomic E-state index is 12.6. The summed E-state index contributed by atoms with van der Waals surface area (Å²) in [5.74, 6) is -1.59. The molecule has 1 heterocycles. The second-order valence-electron chi connectivity index (χ2n) is 6.20. The maximum Gasteiger partial charge on any atom is 0.573 e. The lowest BCUT2D eigenvalue weighted by Gasteiger charge is -2.16. The summed E-state index contributed by atoms with van der Waals surface area (Å²) < 4.78 is 40.4. The molecule has 0 aromatic heterocycles. The Morgan fingerprint density at radius 1 is 1.12 bits per heavy atom. The van der Waals surface area contributed by atoms with Crippen LogP contribution in [0.25, 0.3) is 0 Å². The molecule has 1 atom stereocenters. The van der Waals surface area contributed by atoms with Gasteiger partial charge in [-0.25, -0.2) is 0 Å². The summed E-state index contributed by atoms with van der Waals surface area (Å²) >= 11 is 0. The maximum absolute atomic E-state index is 12.6. The predicted molar refractivity (Wildman–Crippen MR) is 88.6 cm³/mol. The van der Waals surface area contributed by atoms with Crippen molar-refractivity contribution in [2.45, 2.75) is 26.1 Å². The van der Waals surface area contributed by atoms with Gasteiger partial charge in [-0.3, -0.25) is 14.5 Å². The number of aryl methyl sites for hydroxylation is 1. The minimum absolute atomic E-state index is 0.0770. The van der Waals surface area contributed by atoms with Crippen LogP contribution in [-0.4, -0.2) is 18.2 Å². The number of amides is 2. The molecule has 0 unspecified atom stereocenters. The smallest absolute Gasteiger partial charge is 0.406 e. The number of halogens is 3. The van der Waals surface area contributed by atoms with Crippen LogP contribution in [0, 0.1) is 12.8 Å². The van der Waals surface area contributed by atoms with Gasteiger partial charge in [-0.1, -0.05) is 29.8 Å². The molecule has 0 spiro atoms. The molecule has 4 nitrogen and oxygen atoms in total. The summed E-state index contributed by atoms with van der Waals surface area (Å²) in [6.07, 6.45) is -4.27. The van der Waals surface area contributed by atoms with Gasteiger partial charge in [0.2, 0.25) is 11.8 Å². The third-order valence-electron chi connectivity index (χ3n) is 4.13. The predicted octanol–water partition coefficient (Wildman–Crippen LogP) is 4.02. The standard InChI is InChI=1S/C19H16F3NO3/c1-12-3-2-4-13(9-12)10-14-11-17(24)23(18(14)25)15-5-7-16(8-6-15)26-19(20,21)22/h2-9,14H,10-11H2,1H3/t14-/m0/s1. The molecule has 0 aliphatic carbocycles. The molecule has 0 N–H and O–H groups in total.